The number of nitrogens with zero attached hydrogens (tertiary/aromatic N) is 1. The summed E-state index contributed by atoms with van der Waals surface area (Å²) in [4.78, 5) is 38.7. The first kappa shape index (κ1) is 17.9. The van der Waals surface area contributed by atoms with E-state index in [0.29, 0.717) is 35.6 Å². The molecule has 1 aliphatic heterocycles. The lowest BCUT2D eigenvalue weighted by atomic mass is 10.0. The average Bonchev–Trinajstić information content (AvgIpc) is 2.91. The maximum absolute atomic E-state index is 12.6. The number of nitrogens with two attached hydrogens (primary N) is 1. The highest BCUT2D eigenvalue weighted by Crippen LogP contribution is 2.37. The molecule has 3 rings (SSSR count). The molecule has 1 aromatic heterocycles. The minimum absolute atomic E-state index is 0.0101. The summed E-state index contributed by atoms with van der Waals surface area (Å²) in [5.41, 5.74) is 7.30. The Kier molecular flexibility index (Phi) is 5.09. The number of carbonyl (C=O) groups excluding carboxylic acids is 3. The zero-order valence-corrected chi connectivity index (χ0v) is 16.4. The van der Waals surface area contributed by atoms with Gasteiger partial charge in [0.05, 0.1) is 17.7 Å². The molecule has 0 radical (unpaired) electrons. The van der Waals surface area contributed by atoms with Gasteiger partial charge in [-0.05, 0) is 46.7 Å². The highest BCUT2D eigenvalue weighted by Gasteiger charge is 2.28. The SMILES string of the molecule is CC(=O)N1CCc2c(sc(NC(=O)c3ccccc3I)c2C(N)=O)C1. The molecule has 2 aromatic rings. The van der Waals surface area contributed by atoms with Crippen molar-refractivity contribution in [3.8, 4) is 0 Å². The van der Waals surface area contributed by atoms with E-state index in [0.717, 1.165) is 14.0 Å². The molecule has 0 saturated heterocycles. The van der Waals surface area contributed by atoms with Gasteiger partial charge in [0.25, 0.3) is 11.8 Å². The van der Waals surface area contributed by atoms with Crippen molar-refractivity contribution in [3.63, 3.8) is 0 Å². The summed E-state index contributed by atoms with van der Waals surface area (Å²) in [6.07, 6.45) is 0.558. The van der Waals surface area contributed by atoms with Gasteiger partial charge in [-0.15, -0.1) is 11.3 Å². The number of benzene rings is 1. The van der Waals surface area contributed by atoms with Crippen molar-refractivity contribution in [1.29, 1.82) is 0 Å². The molecule has 0 unspecified atom stereocenters. The van der Waals surface area contributed by atoms with E-state index < -0.39 is 5.91 Å². The predicted octanol–water partition coefficient (Wildman–Crippen LogP) is 2.61. The Morgan fingerprint density at radius 2 is 2.00 bits per heavy atom. The fourth-order valence-electron chi connectivity index (χ4n) is 2.84. The first-order valence-electron chi connectivity index (χ1n) is 7.64. The van der Waals surface area contributed by atoms with Crippen molar-refractivity contribution in [2.75, 3.05) is 11.9 Å². The van der Waals surface area contributed by atoms with E-state index in [1.165, 1.54) is 18.3 Å². The molecule has 6 nitrogen and oxygen atoms in total. The maximum atomic E-state index is 12.6. The van der Waals surface area contributed by atoms with Crippen molar-refractivity contribution in [2.24, 2.45) is 5.73 Å². The zero-order chi connectivity index (χ0) is 18.1. The van der Waals surface area contributed by atoms with Crippen LogP contribution in [-0.4, -0.2) is 29.2 Å². The molecular weight excluding hydrogens is 453 g/mol. The van der Waals surface area contributed by atoms with E-state index in [2.05, 4.69) is 27.9 Å². The summed E-state index contributed by atoms with van der Waals surface area (Å²) in [6, 6.07) is 7.21. The second-order valence-electron chi connectivity index (χ2n) is 5.70. The van der Waals surface area contributed by atoms with Crippen LogP contribution in [0.5, 0.6) is 0 Å². The number of anilines is 1. The van der Waals surface area contributed by atoms with Gasteiger partial charge >= 0.3 is 0 Å². The summed E-state index contributed by atoms with van der Waals surface area (Å²) in [5.74, 6) is -0.856. The Morgan fingerprint density at radius 1 is 1.28 bits per heavy atom. The number of carbonyl (C=O) groups is 3. The van der Waals surface area contributed by atoms with Crippen LogP contribution < -0.4 is 11.1 Å². The lowest BCUT2D eigenvalue weighted by molar-refractivity contribution is -0.129. The van der Waals surface area contributed by atoms with Crippen LogP contribution in [0.25, 0.3) is 0 Å². The second-order valence-corrected chi connectivity index (χ2v) is 7.96. The minimum Gasteiger partial charge on any atom is -0.365 e. The highest BCUT2D eigenvalue weighted by molar-refractivity contribution is 14.1. The Labute approximate surface area is 162 Å². The summed E-state index contributed by atoms with van der Waals surface area (Å²) >= 11 is 3.40. The lowest BCUT2D eigenvalue weighted by Gasteiger charge is -2.25. The van der Waals surface area contributed by atoms with E-state index >= 15 is 0 Å². The number of hydrogen-bond acceptors (Lipinski definition) is 4. The molecule has 1 aromatic carbocycles. The van der Waals surface area contributed by atoms with Crippen LogP contribution >= 0.6 is 33.9 Å². The molecule has 3 N–H and O–H groups in total. The molecule has 8 heteroatoms. The minimum atomic E-state index is -0.563. The van der Waals surface area contributed by atoms with Crippen LogP contribution in [0.1, 0.15) is 38.1 Å². The molecule has 0 aliphatic carbocycles. The number of hydrogen-bond donors (Lipinski definition) is 2. The first-order chi connectivity index (χ1) is 11.9. The lowest BCUT2D eigenvalue weighted by Crippen LogP contribution is -2.34. The van der Waals surface area contributed by atoms with Gasteiger partial charge in [-0.1, -0.05) is 12.1 Å². The fraction of sp³-hybridized carbons (Fsp3) is 0.235. The predicted molar refractivity (Wildman–Crippen MR) is 105 cm³/mol. The Balaban J connectivity index is 1.94. The molecule has 3 amide bonds. The van der Waals surface area contributed by atoms with Gasteiger partial charge in [0, 0.05) is 21.9 Å². The Bertz CT molecular complexity index is 878. The van der Waals surface area contributed by atoms with Crippen LogP contribution in [0.4, 0.5) is 5.00 Å². The van der Waals surface area contributed by atoms with Crippen LogP contribution in [0, 0.1) is 3.57 Å². The third kappa shape index (κ3) is 3.54. The molecule has 0 spiro atoms. The standard InChI is InChI=1S/C17H16IN3O3S/c1-9(22)21-7-6-11-13(8-21)25-17(14(11)15(19)23)20-16(24)10-4-2-3-5-12(10)18/h2-5H,6-8H2,1H3,(H2,19,23)(H,20,24). The average molecular weight is 469 g/mol. The number of halogens is 1. The Hall–Kier alpha value is -1.94. The molecule has 0 fully saturated rings. The van der Waals surface area contributed by atoms with Gasteiger partial charge in [-0.2, -0.15) is 0 Å². The second kappa shape index (κ2) is 7.12. The molecule has 130 valence electrons. The summed E-state index contributed by atoms with van der Waals surface area (Å²) in [7, 11) is 0. The van der Waals surface area contributed by atoms with Crippen LogP contribution in [-0.2, 0) is 17.8 Å². The van der Waals surface area contributed by atoms with Crippen LogP contribution in [0.2, 0.25) is 0 Å². The van der Waals surface area contributed by atoms with Crippen molar-refractivity contribution in [1.82, 2.24) is 4.90 Å². The molecule has 1 aliphatic rings. The maximum Gasteiger partial charge on any atom is 0.257 e. The highest BCUT2D eigenvalue weighted by atomic mass is 127. The normalized spacial score (nSPS) is 13.3. The number of nitrogens with one attached hydrogen (secondary N) is 1. The van der Waals surface area contributed by atoms with E-state index in [4.69, 9.17) is 5.73 Å². The number of amides is 3. The van der Waals surface area contributed by atoms with Gasteiger partial charge in [0.15, 0.2) is 0 Å². The fourth-order valence-corrected chi connectivity index (χ4v) is 4.73. The van der Waals surface area contributed by atoms with Crippen molar-refractivity contribution >= 4 is 56.7 Å². The van der Waals surface area contributed by atoms with Gasteiger partial charge in [0.1, 0.15) is 5.00 Å². The van der Waals surface area contributed by atoms with E-state index in [-0.39, 0.29) is 11.8 Å². The van der Waals surface area contributed by atoms with Crippen molar-refractivity contribution < 1.29 is 14.4 Å². The number of fused-ring (bicyclic) bond motifs is 1. The third-order valence-electron chi connectivity index (χ3n) is 4.09. The molecule has 0 atom stereocenters. The van der Waals surface area contributed by atoms with Gasteiger partial charge in [0.2, 0.25) is 5.91 Å². The summed E-state index contributed by atoms with van der Waals surface area (Å²) in [5, 5.41) is 3.27. The van der Waals surface area contributed by atoms with E-state index in [9.17, 15) is 14.4 Å². The summed E-state index contributed by atoms with van der Waals surface area (Å²) < 4.78 is 0.822. The smallest absolute Gasteiger partial charge is 0.257 e. The number of thiophene rings is 1. The molecule has 0 saturated carbocycles. The van der Waals surface area contributed by atoms with Crippen LogP contribution in [0.3, 0.4) is 0 Å². The number of primary amides is 1. The number of rotatable bonds is 3. The van der Waals surface area contributed by atoms with Crippen molar-refractivity contribution in [3.05, 3.63) is 49.4 Å². The van der Waals surface area contributed by atoms with Crippen LogP contribution in [0.15, 0.2) is 24.3 Å². The third-order valence-corrected chi connectivity index (χ3v) is 6.17. The van der Waals surface area contributed by atoms with Gasteiger partial charge < -0.3 is 16.0 Å². The Morgan fingerprint density at radius 3 is 2.64 bits per heavy atom. The van der Waals surface area contributed by atoms with Crippen molar-refractivity contribution in [2.45, 2.75) is 19.9 Å². The van der Waals surface area contributed by atoms with Gasteiger partial charge in [-0.3, -0.25) is 14.4 Å². The quantitative estimate of drug-likeness (QED) is 0.678. The largest absolute Gasteiger partial charge is 0.365 e. The molecular formula is C17H16IN3O3S. The zero-order valence-electron chi connectivity index (χ0n) is 13.5. The van der Waals surface area contributed by atoms with Gasteiger partial charge in [-0.25, -0.2) is 0 Å². The van der Waals surface area contributed by atoms with E-state index in [1.807, 2.05) is 12.1 Å². The van der Waals surface area contributed by atoms with E-state index in [1.54, 1.807) is 17.0 Å². The topological polar surface area (TPSA) is 92.5 Å². The molecule has 2 heterocycles. The molecule has 25 heavy (non-hydrogen) atoms. The first-order valence-corrected chi connectivity index (χ1v) is 9.53. The monoisotopic (exact) mass is 469 g/mol. The summed E-state index contributed by atoms with van der Waals surface area (Å²) in [6.45, 7) is 2.51. The molecule has 0 bridgehead atoms.